The van der Waals surface area contributed by atoms with Crippen LogP contribution >= 0.6 is 0 Å². The first-order valence-electron chi connectivity index (χ1n) is 21.1. The number of benzene rings is 9. The number of hydrogen-bond acceptors (Lipinski definition) is 2. The summed E-state index contributed by atoms with van der Waals surface area (Å²) >= 11 is 0. The number of nitrogens with zero attached hydrogens (tertiary/aromatic N) is 4. The van der Waals surface area contributed by atoms with E-state index in [1.807, 2.05) is 36.4 Å². The summed E-state index contributed by atoms with van der Waals surface area (Å²) in [4.78, 5) is 10.0. The standard InChI is InChI=1S/C58H38N4/c1-4-16-40(17-5-1)51-38-52(60-58(59-51)42-18-6-2-7-19-42)41-32-30-39(31-33-41)43-34-35-55-50(37-43)48-24-10-12-27-53(48)62(55)46-23-14-20-44(36-46)47-26-15-29-56-57(47)49-25-11-13-28-54(49)61(56)45-21-8-3-9-22-45/h1-38H. The van der Waals surface area contributed by atoms with Gasteiger partial charge in [0.05, 0.1) is 33.5 Å². The molecule has 0 bridgehead atoms. The Kier molecular flexibility index (Phi) is 8.46. The minimum absolute atomic E-state index is 0.714. The SMILES string of the molecule is c1ccc(-c2cc(-c3ccc(-c4ccc5c(c4)c4ccccc4n5-c4cccc(-c5cccc6c5c5ccccc5n6-c5ccccc5)c4)cc3)nc(-c3ccccc3)n2)cc1. The number of para-hydroxylation sites is 3. The summed E-state index contributed by atoms with van der Waals surface area (Å²) in [6, 6.07) is 82.2. The largest absolute Gasteiger partial charge is 0.309 e. The van der Waals surface area contributed by atoms with Crippen LogP contribution < -0.4 is 0 Å². The van der Waals surface area contributed by atoms with E-state index in [2.05, 4.69) is 203 Å². The molecule has 0 amide bonds. The molecule has 290 valence electrons. The third kappa shape index (κ3) is 6.00. The van der Waals surface area contributed by atoms with Gasteiger partial charge in [0.25, 0.3) is 0 Å². The van der Waals surface area contributed by atoms with E-state index in [9.17, 15) is 0 Å². The first kappa shape index (κ1) is 35.6. The van der Waals surface area contributed by atoms with Gasteiger partial charge in [0.2, 0.25) is 0 Å². The van der Waals surface area contributed by atoms with Gasteiger partial charge in [-0.3, -0.25) is 0 Å². The Hall–Kier alpha value is -8.34. The third-order valence-electron chi connectivity index (χ3n) is 12.1. The lowest BCUT2D eigenvalue weighted by molar-refractivity contribution is 1.18. The molecule has 0 spiro atoms. The molecule has 0 atom stereocenters. The zero-order valence-corrected chi connectivity index (χ0v) is 33.7. The molecule has 0 radical (unpaired) electrons. The fourth-order valence-electron chi connectivity index (χ4n) is 9.26. The van der Waals surface area contributed by atoms with Gasteiger partial charge in [0, 0.05) is 49.6 Å². The minimum Gasteiger partial charge on any atom is -0.309 e. The lowest BCUT2D eigenvalue weighted by atomic mass is 9.99. The Morgan fingerprint density at radius 3 is 1.52 bits per heavy atom. The second-order valence-corrected chi connectivity index (χ2v) is 15.8. The van der Waals surface area contributed by atoms with Crippen LogP contribution in [0.15, 0.2) is 231 Å². The second kappa shape index (κ2) is 14.7. The highest BCUT2D eigenvalue weighted by atomic mass is 15.0. The van der Waals surface area contributed by atoms with Crippen molar-refractivity contribution in [2.24, 2.45) is 0 Å². The monoisotopic (exact) mass is 790 g/mol. The highest BCUT2D eigenvalue weighted by Gasteiger charge is 2.18. The van der Waals surface area contributed by atoms with Gasteiger partial charge in [0.1, 0.15) is 0 Å². The molecule has 0 saturated carbocycles. The smallest absolute Gasteiger partial charge is 0.160 e. The number of rotatable bonds is 7. The van der Waals surface area contributed by atoms with Gasteiger partial charge in [0.15, 0.2) is 5.82 Å². The molecule has 4 nitrogen and oxygen atoms in total. The van der Waals surface area contributed by atoms with E-state index in [1.54, 1.807) is 0 Å². The van der Waals surface area contributed by atoms with Gasteiger partial charge in [-0.2, -0.15) is 0 Å². The van der Waals surface area contributed by atoms with E-state index in [4.69, 9.17) is 9.97 Å². The van der Waals surface area contributed by atoms with Crippen LogP contribution in [0.4, 0.5) is 0 Å². The fourth-order valence-corrected chi connectivity index (χ4v) is 9.26. The first-order chi connectivity index (χ1) is 30.7. The number of fused-ring (bicyclic) bond motifs is 6. The molecular formula is C58H38N4. The van der Waals surface area contributed by atoms with Crippen molar-refractivity contribution in [1.29, 1.82) is 0 Å². The van der Waals surface area contributed by atoms with Crippen LogP contribution in [-0.4, -0.2) is 19.1 Å². The second-order valence-electron chi connectivity index (χ2n) is 15.8. The van der Waals surface area contributed by atoms with Crippen molar-refractivity contribution in [2.75, 3.05) is 0 Å². The van der Waals surface area contributed by atoms with Crippen molar-refractivity contribution in [1.82, 2.24) is 19.1 Å². The summed E-state index contributed by atoms with van der Waals surface area (Å²) in [5, 5.41) is 4.95. The summed E-state index contributed by atoms with van der Waals surface area (Å²) in [5.41, 5.74) is 16.7. The Labute approximate surface area is 359 Å². The Bertz CT molecular complexity index is 3550. The highest BCUT2D eigenvalue weighted by molar-refractivity contribution is 6.16. The average molecular weight is 791 g/mol. The van der Waals surface area contributed by atoms with Crippen LogP contribution in [0.5, 0.6) is 0 Å². The van der Waals surface area contributed by atoms with Crippen LogP contribution in [-0.2, 0) is 0 Å². The maximum Gasteiger partial charge on any atom is 0.160 e. The van der Waals surface area contributed by atoms with Crippen LogP contribution in [0.3, 0.4) is 0 Å². The number of hydrogen-bond donors (Lipinski definition) is 0. The molecule has 0 aliphatic rings. The average Bonchev–Trinajstić information content (AvgIpc) is 3.87. The predicted molar refractivity (Wildman–Crippen MR) is 258 cm³/mol. The Balaban J connectivity index is 0.940. The normalized spacial score (nSPS) is 11.5. The van der Waals surface area contributed by atoms with Crippen molar-refractivity contribution >= 4 is 43.6 Å². The zero-order chi connectivity index (χ0) is 41.0. The minimum atomic E-state index is 0.714. The summed E-state index contributed by atoms with van der Waals surface area (Å²) in [7, 11) is 0. The topological polar surface area (TPSA) is 35.6 Å². The van der Waals surface area contributed by atoms with Crippen molar-refractivity contribution in [3.05, 3.63) is 231 Å². The maximum absolute atomic E-state index is 5.06. The van der Waals surface area contributed by atoms with Gasteiger partial charge < -0.3 is 9.13 Å². The van der Waals surface area contributed by atoms with Crippen LogP contribution in [0.25, 0.3) is 111 Å². The molecule has 0 saturated heterocycles. The van der Waals surface area contributed by atoms with Crippen molar-refractivity contribution in [2.45, 2.75) is 0 Å². The molecule has 4 heteroatoms. The van der Waals surface area contributed by atoms with Crippen LogP contribution in [0, 0.1) is 0 Å². The van der Waals surface area contributed by atoms with Crippen molar-refractivity contribution in [3.8, 4) is 67.5 Å². The summed E-state index contributed by atoms with van der Waals surface area (Å²) in [6.45, 7) is 0. The highest BCUT2D eigenvalue weighted by Crippen LogP contribution is 2.41. The molecule has 0 aliphatic carbocycles. The van der Waals surface area contributed by atoms with E-state index in [0.717, 1.165) is 45.0 Å². The van der Waals surface area contributed by atoms with Crippen LogP contribution in [0.1, 0.15) is 0 Å². The molecule has 0 unspecified atom stereocenters. The quantitative estimate of drug-likeness (QED) is 0.161. The Morgan fingerprint density at radius 1 is 0.274 bits per heavy atom. The summed E-state index contributed by atoms with van der Waals surface area (Å²) in [5.74, 6) is 0.714. The van der Waals surface area contributed by atoms with E-state index < -0.39 is 0 Å². The molecule has 12 aromatic rings. The zero-order valence-electron chi connectivity index (χ0n) is 33.7. The summed E-state index contributed by atoms with van der Waals surface area (Å²) < 4.78 is 4.80. The van der Waals surface area contributed by atoms with Gasteiger partial charge >= 0.3 is 0 Å². The van der Waals surface area contributed by atoms with E-state index in [0.29, 0.717) is 5.82 Å². The predicted octanol–water partition coefficient (Wildman–Crippen LogP) is 15.0. The van der Waals surface area contributed by atoms with Gasteiger partial charge in [-0.05, 0) is 82.9 Å². The van der Waals surface area contributed by atoms with Crippen molar-refractivity contribution in [3.63, 3.8) is 0 Å². The molecule has 0 aliphatic heterocycles. The van der Waals surface area contributed by atoms with Crippen LogP contribution in [0.2, 0.25) is 0 Å². The summed E-state index contributed by atoms with van der Waals surface area (Å²) in [6.07, 6.45) is 0. The van der Waals surface area contributed by atoms with Gasteiger partial charge in [-0.15, -0.1) is 0 Å². The van der Waals surface area contributed by atoms with E-state index in [1.165, 1.54) is 60.3 Å². The first-order valence-corrected chi connectivity index (χ1v) is 21.1. The molecule has 9 aromatic carbocycles. The van der Waals surface area contributed by atoms with Gasteiger partial charge in [-0.1, -0.05) is 170 Å². The maximum atomic E-state index is 5.06. The molecule has 3 aromatic heterocycles. The molecule has 0 N–H and O–H groups in total. The molecule has 3 heterocycles. The molecule has 0 fully saturated rings. The van der Waals surface area contributed by atoms with E-state index >= 15 is 0 Å². The van der Waals surface area contributed by atoms with Crippen molar-refractivity contribution < 1.29 is 0 Å². The molecule has 62 heavy (non-hydrogen) atoms. The molecular weight excluding hydrogens is 753 g/mol. The Morgan fingerprint density at radius 2 is 0.774 bits per heavy atom. The lowest BCUT2D eigenvalue weighted by Crippen LogP contribution is -1.95. The van der Waals surface area contributed by atoms with Gasteiger partial charge in [-0.25, -0.2) is 9.97 Å². The van der Waals surface area contributed by atoms with E-state index in [-0.39, 0.29) is 0 Å². The number of aromatic nitrogens is 4. The molecule has 12 rings (SSSR count). The third-order valence-corrected chi connectivity index (χ3v) is 12.1. The lowest BCUT2D eigenvalue weighted by Gasteiger charge is -2.12. The fraction of sp³-hybridized carbons (Fsp3) is 0.